The molecule has 1 fully saturated rings. The summed E-state index contributed by atoms with van der Waals surface area (Å²) in [6.45, 7) is 10.4. The average Bonchev–Trinajstić information content (AvgIpc) is 2.36. The van der Waals surface area contributed by atoms with E-state index in [2.05, 4.69) is 19.2 Å². The van der Waals surface area contributed by atoms with Crippen LogP contribution in [-0.4, -0.2) is 54.5 Å². The van der Waals surface area contributed by atoms with Crippen molar-refractivity contribution in [3.05, 3.63) is 0 Å². The Morgan fingerprint density at radius 3 is 2.19 bits per heavy atom. The lowest BCUT2D eigenvalue weighted by Crippen LogP contribution is -3.15. The highest BCUT2D eigenvalue weighted by Gasteiger charge is 2.35. The molecule has 0 aliphatic carbocycles. The van der Waals surface area contributed by atoms with Gasteiger partial charge in [-0.3, -0.25) is 9.59 Å². The lowest BCUT2D eigenvalue weighted by atomic mass is 9.96. The van der Waals surface area contributed by atoms with Crippen molar-refractivity contribution in [2.45, 2.75) is 78.0 Å². The van der Waals surface area contributed by atoms with E-state index in [1.807, 2.05) is 32.7 Å². The molecule has 5 nitrogen and oxygen atoms in total. The third-order valence-corrected chi connectivity index (χ3v) is 4.45. The molecule has 21 heavy (non-hydrogen) atoms. The van der Waals surface area contributed by atoms with Crippen LogP contribution >= 0.6 is 0 Å². The first-order chi connectivity index (χ1) is 9.73. The molecule has 1 aliphatic heterocycles. The fourth-order valence-electron chi connectivity index (χ4n) is 3.07. The Morgan fingerprint density at radius 1 is 1.19 bits per heavy atom. The van der Waals surface area contributed by atoms with E-state index in [0.717, 1.165) is 17.7 Å². The number of nitrogens with zero attached hydrogens (tertiary/aromatic N) is 1. The number of amides is 2. The summed E-state index contributed by atoms with van der Waals surface area (Å²) in [5.74, 6) is 0.173. The van der Waals surface area contributed by atoms with Gasteiger partial charge < -0.3 is 15.1 Å². The van der Waals surface area contributed by atoms with Crippen LogP contribution in [0.5, 0.6) is 0 Å². The molecule has 0 spiro atoms. The second-order valence-corrected chi connectivity index (χ2v) is 6.84. The number of nitrogens with one attached hydrogen (secondary N) is 2. The summed E-state index contributed by atoms with van der Waals surface area (Å²) in [6.07, 6.45) is 3.35. The number of likely N-dealkylation sites (N-methyl/N-ethyl adjacent to an activating group) is 1. The van der Waals surface area contributed by atoms with Crippen molar-refractivity contribution in [2.75, 3.05) is 13.6 Å². The molecule has 0 aromatic carbocycles. The maximum absolute atomic E-state index is 12.7. The van der Waals surface area contributed by atoms with E-state index in [4.69, 9.17) is 0 Å². The number of carbonyl (C=O) groups is 2. The maximum atomic E-state index is 12.7. The standard InChI is InChI=1S/C16H31N3O2/c1-11(2)17-15(20)10-18(6)14(5)16(21)19-12(3)8-7-9-13(19)4/h11-14H,7-10H2,1-6H3,(H,17,20)/p+1/t12-,13-,14-/m1/s1. The number of carbonyl (C=O) groups excluding carboxylic acids is 2. The molecular weight excluding hydrogens is 266 g/mol. The van der Waals surface area contributed by atoms with E-state index in [1.54, 1.807) is 0 Å². The zero-order valence-corrected chi connectivity index (χ0v) is 14.4. The molecule has 4 atom stereocenters. The van der Waals surface area contributed by atoms with Crippen LogP contribution in [0.15, 0.2) is 0 Å². The Hall–Kier alpha value is -1.10. The summed E-state index contributed by atoms with van der Waals surface area (Å²) in [4.78, 5) is 27.5. The quantitative estimate of drug-likeness (QED) is 0.762. The molecule has 1 unspecified atom stereocenters. The zero-order chi connectivity index (χ0) is 16.2. The molecule has 1 rings (SSSR count). The van der Waals surface area contributed by atoms with Gasteiger partial charge in [0, 0.05) is 18.1 Å². The highest BCUT2D eigenvalue weighted by molar-refractivity contribution is 5.81. The highest BCUT2D eigenvalue weighted by Crippen LogP contribution is 2.22. The van der Waals surface area contributed by atoms with Crippen molar-refractivity contribution in [3.63, 3.8) is 0 Å². The van der Waals surface area contributed by atoms with Gasteiger partial charge in [-0.1, -0.05) is 0 Å². The van der Waals surface area contributed by atoms with Crippen LogP contribution in [0.25, 0.3) is 0 Å². The van der Waals surface area contributed by atoms with Crippen LogP contribution in [0.3, 0.4) is 0 Å². The summed E-state index contributed by atoms with van der Waals surface area (Å²) in [6, 6.07) is 0.561. The minimum absolute atomic E-state index is 0.00175. The van der Waals surface area contributed by atoms with Gasteiger partial charge in [0.2, 0.25) is 0 Å². The van der Waals surface area contributed by atoms with Crippen LogP contribution in [0.4, 0.5) is 0 Å². The van der Waals surface area contributed by atoms with Crippen molar-refractivity contribution in [1.29, 1.82) is 0 Å². The van der Waals surface area contributed by atoms with Crippen LogP contribution < -0.4 is 10.2 Å². The molecular formula is C16H32N3O2+. The Bertz CT molecular complexity index is 361. The molecule has 5 heteroatoms. The largest absolute Gasteiger partial charge is 0.349 e. The highest BCUT2D eigenvalue weighted by atomic mass is 16.2. The first-order valence-corrected chi connectivity index (χ1v) is 8.17. The fourth-order valence-corrected chi connectivity index (χ4v) is 3.07. The van der Waals surface area contributed by atoms with Crippen molar-refractivity contribution < 1.29 is 14.5 Å². The first kappa shape index (κ1) is 18.0. The minimum atomic E-state index is -0.189. The van der Waals surface area contributed by atoms with Gasteiger partial charge in [0.05, 0.1) is 7.05 Å². The topological polar surface area (TPSA) is 53.9 Å². The summed E-state index contributed by atoms with van der Waals surface area (Å²) >= 11 is 0. The molecule has 122 valence electrons. The maximum Gasteiger partial charge on any atom is 0.281 e. The normalized spacial score (nSPS) is 25.6. The molecule has 0 aromatic rings. The van der Waals surface area contributed by atoms with E-state index in [1.165, 1.54) is 6.42 Å². The van der Waals surface area contributed by atoms with Gasteiger partial charge in [-0.25, -0.2) is 0 Å². The van der Waals surface area contributed by atoms with E-state index >= 15 is 0 Å². The summed E-state index contributed by atoms with van der Waals surface area (Å²) < 4.78 is 0. The third-order valence-electron chi connectivity index (χ3n) is 4.45. The SMILES string of the molecule is CC(C)NC(=O)C[NH+](C)[C@H](C)C(=O)N1[C@H](C)CCC[C@H]1C. The molecule has 0 bridgehead atoms. The summed E-state index contributed by atoms with van der Waals surface area (Å²) in [5.41, 5.74) is 0. The second kappa shape index (κ2) is 7.78. The Morgan fingerprint density at radius 2 is 1.71 bits per heavy atom. The van der Waals surface area contributed by atoms with E-state index in [-0.39, 0.29) is 23.9 Å². The van der Waals surface area contributed by atoms with E-state index in [9.17, 15) is 9.59 Å². The number of piperidine rings is 1. The predicted octanol–water partition coefficient (Wildman–Crippen LogP) is 0.204. The van der Waals surface area contributed by atoms with Gasteiger partial charge in [0.1, 0.15) is 0 Å². The minimum Gasteiger partial charge on any atom is -0.349 e. The van der Waals surface area contributed by atoms with E-state index in [0.29, 0.717) is 18.6 Å². The lowest BCUT2D eigenvalue weighted by molar-refractivity contribution is -0.886. The van der Waals surface area contributed by atoms with Crippen molar-refractivity contribution in [3.8, 4) is 0 Å². The van der Waals surface area contributed by atoms with Crippen LogP contribution in [0, 0.1) is 0 Å². The Kier molecular flexibility index (Phi) is 6.65. The van der Waals surface area contributed by atoms with Gasteiger partial charge in [-0.2, -0.15) is 0 Å². The summed E-state index contributed by atoms with van der Waals surface area (Å²) in [5, 5.41) is 2.88. The number of hydrogen-bond donors (Lipinski definition) is 2. The Balaban J connectivity index is 2.61. The fraction of sp³-hybridized carbons (Fsp3) is 0.875. The molecule has 1 heterocycles. The monoisotopic (exact) mass is 298 g/mol. The second-order valence-electron chi connectivity index (χ2n) is 6.84. The average molecular weight is 298 g/mol. The van der Waals surface area contributed by atoms with Gasteiger partial charge in [0.15, 0.2) is 12.6 Å². The number of rotatable bonds is 5. The van der Waals surface area contributed by atoms with Gasteiger partial charge in [0.25, 0.3) is 11.8 Å². The number of hydrogen-bond acceptors (Lipinski definition) is 2. The van der Waals surface area contributed by atoms with Crippen LogP contribution in [0.1, 0.15) is 53.9 Å². The van der Waals surface area contributed by atoms with Crippen LogP contribution in [0.2, 0.25) is 0 Å². The Labute approximate surface area is 129 Å². The number of quaternary nitrogens is 1. The van der Waals surface area contributed by atoms with Crippen molar-refractivity contribution >= 4 is 11.8 Å². The van der Waals surface area contributed by atoms with Crippen LogP contribution in [-0.2, 0) is 9.59 Å². The number of likely N-dealkylation sites (tertiary alicyclic amines) is 1. The molecule has 0 saturated carbocycles. The third kappa shape index (κ3) is 4.99. The van der Waals surface area contributed by atoms with Gasteiger partial charge in [-0.05, 0) is 53.9 Å². The predicted molar refractivity (Wildman–Crippen MR) is 84.1 cm³/mol. The molecule has 0 radical (unpaired) electrons. The molecule has 2 amide bonds. The van der Waals surface area contributed by atoms with E-state index < -0.39 is 0 Å². The van der Waals surface area contributed by atoms with Crippen molar-refractivity contribution in [1.82, 2.24) is 10.2 Å². The summed E-state index contributed by atoms with van der Waals surface area (Å²) in [7, 11) is 1.92. The molecule has 0 aromatic heterocycles. The van der Waals surface area contributed by atoms with Gasteiger partial charge >= 0.3 is 0 Å². The zero-order valence-electron chi connectivity index (χ0n) is 14.4. The molecule has 1 aliphatic rings. The van der Waals surface area contributed by atoms with Crippen molar-refractivity contribution in [2.24, 2.45) is 0 Å². The molecule has 1 saturated heterocycles. The lowest BCUT2D eigenvalue weighted by Gasteiger charge is -2.40. The first-order valence-electron chi connectivity index (χ1n) is 8.17. The van der Waals surface area contributed by atoms with Gasteiger partial charge in [-0.15, -0.1) is 0 Å². The smallest absolute Gasteiger partial charge is 0.281 e. The molecule has 2 N–H and O–H groups in total.